The summed E-state index contributed by atoms with van der Waals surface area (Å²) in [4.78, 5) is 34.4. The number of rotatable bonds is 5. The Morgan fingerprint density at radius 1 is 1.29 bits per heavy atom. The minimum Gasteiger partial charge on any atom is -0.456 e. The van der Waals surface area contributed by atoms with E-state index in [1.54, 1.807) is 0 Å². The van der Waals surface area contributed by atoms with Crippen molar-refractivity contribution in [3.63, 3.8) is 0 Å². The fourth-order valence-corrected chi connectivity index (χ4v) is 3.06. The lowest BCUT2D eigenvalue weighted by atomic mass is 10.2. The van der Waals surface area contributed by atoms with Crippen LogP contribution in [0.3, 0.4) is 0 Å². The summed E-state index contributed by atoms with van der Waals surface area (Å²) in [6.07, 6.45) is 0. The first-order valence-electron chi connectivity index (χ1n) is 6.09. The number of halogens is 1. The monoisotopic (exact) mass is 325 g/mol. The van der Waals surface area contributed by atoms with Gasteiger partial charge in [-0.2, -0.15) is 0 Å². The van der Waals surface area contributed by atoms with Gasteiger partial charge in [0.05, 0.1) is 5.02 Å². The van der Waals surface area contributed by atoms with E-state index in [9.17, 15) is 14.4 Å². The maximum absolute atomic E-state index is 12.0. The molecule has 1 aromatic carbocycles. The van der Waals surface area contributed by atoms with E-state index >= 15 is 0 Å². The number of Topliss-reactive ketones (excluding diaryl/α,β-unsaturated/α-hetero) is 1. The Bertz CT molecular complexity index is 710. The highest BCUT2D eigenvalue weighted by Gasteiger charge is 2.17. The van der Waals surface area contributed by atoms with Gasteiger partial charge in [0, 0.05) is 10.1 Å². The quantitative estimate of drug-likeness (QED) is 0.857. The molecular weight excluding hydrogens is 314 g/mol. The smallest absolute Gasteiger partial charge is 0.325 e. The molecule has 0 saturated heterocycles. The standard InChI is InChI=1S/C14H12ClNO4S/c1-8(17)7-20-11(18)6-16-14(19)13-12(15)9-4-2-3-5-10(9)21-13/h2-5H,6-7H2,1H3,(H,16,19). The average molecular weight is 326 g/mol. The lowest BCUT2D eigenvalue weighted by Crippen LogP contribution is -2.31. The maximum atomic E-state index is 12.0. The summed E-state index contributed by atoms with van der Waals surface area (Å²) in [5, 5.41) is 3.59. The number of ketones is 1. The number of hydrogen-bond acceptors (Lipinski definition) is 5. The van der Waals surface area contributed by atoms with Crippen LogP contribution in [0.25, 0.3) is 10.1 Å². The Balaban J connectivity index is 2.01. The van der Waals surface area contributed by atoms with Gasteiger partial charge >= 0.3 is 5.97 Å². The topological polar surface area (TPSA) is 72.5 Å². The van der Waals surface area contributed by atoms with Crippen molar-refractivity contribution < 1.29 is 19.1 Å². The number of benzene rings is 1. The van der Waals surface area contributed by atoms with Crippen molar-refractivity contribution in [1.82, 2.24) is 5.32 Å². The van der Waals surface area contributed by atoms with Crippen LogP contribution in [-0.4, -0.2) is 30.8 Å². The van der Waals surface area contributed by atoms with E-state index in [2.05, 4.69) is 10.1 Å². The normalized spacial score (nSPS) is 10.4. The van der Waals surface area contributed by atoms with Gasteiger partial charge in [-0.25, -0.2) is 0 Å². The molecule has 0 spiro atoms. The minimum atomic E-state index is -0.671. The molecule has 21 heavy (non-hydrogen) atoms. The zero-order valence-corrected chi connectivity index (χ0v) is 12.7. The summed E-state index contributed by atoms with van der Waals surface area (Å²) >= 11 is 7.41. The predicted molar refractivity (Wildman–Crippen MR) is 80.8 cm³/mol. The summed E-state index contributed by atoms with van der Waals surface area (Å²) in [5.41, 5.74) is 0. The molecular formula is C14H12ClNO4S. The van der Waals surface area contributed by atoms with Gasteiger partial charge in [0.25, 0.3) is 5.91 Å². The van der Waals surface area contributed by atoms with Crippen LogP contribution in [0.4, 0.5) is 0 Å². The summed E-state index contributed by atoms with van der Waals surface area (Å²) in [6.45, 7) is 0.706. The van der Waals surface area contributed by atoms with Crippen LogP contribution in [0.15, 0.2) is 24.3 Å². The molecule has 5 nitrogen and oxygen atoms in total. The second-order valence-electron chi connectivity index (χ2n) is 4.29. The molecule has 2 rings (SSSR count). The van der Waals surface area contributed by atoms with E-state index in [0.717, 1.165) is 10.1 Å². The van der Waals surface area contributed by atoms with E-state index in [1.807, 2.05) is 24.3 Å². The first-order chi connectivity index (χ1) is 9.99. The van der Waals surface area contributed by atoms with E-state index in [4.69, 9.17) is 11.6 Å². The van der Waals surface area contributed by atoms with Crippen LogP contribution in [0.2, 0.25) is 5.02 Å². The molecule has 0 radical (unpaired) electrons. The maximum Gasteiger partial charge on any atom is 0.325 e. The first-order valence-corrected chi connectivity index (χ1v) is 7.28. The number of nitrogens with one attached hydrogen (secondary N) is 1. The van der Waals surface area contributed by atoms with Gasteiger partial charge in [-0.3, -0.25) is 14.4 Å². The van der Waals surface area contributed by atoms with Crippen LogP contribution < -0.4 is 5.32 Å². The fourth-order valence-electron chi connectivity index (χ4n) is 1.63. The molecule has 0 fully saturated rings. The number of amides is 1. The highest BCUT2D eigenvalue weighted by Crippen LogP contribution is 2.34. The summed E-state index contributed by atoms with van der Waals surface area (Å²) in [7, 11) is 0. The Kier molecular flexibility index (Phi) is 4.93. The lowest BCUT2D eigenvalue weighted by molar-refractivity contribution is -0.146. The molecule has 0 aliphatic rings. The SMILES string of the molecule is CC(=O)COC(=O)CNC(=O)c1sc2ccccc2c1Cl. The van der Waals surface area contributed by atoms with Gasteiger partial charge < -0.3 is 10.1 Å². The number of carbonyl (C=O) groups is 3. The highest BCUT2D eigenvalue weighted by molar-refractivity contribution is 7.21. The van der Waals surface area contributed by atoms with Gasteiger partial charge in [0.2, 0.25) is 0 Å². The third kappa shape index (κ3) is 3.80. The molecule has 1 N–H and O–H groups in total. The number of esters is 1. The van der Waals surface area contributed by atoms with Gasteiger partial charge in [0.15, 0.2) is 5.78 Å². The molecule has 110 valence electrons. The average Bonchev–Trinajstić information content (AvgIpc) is 2.80. The Morgan fingerprint density at radius 2 is 2.00 bits per heavy atom. The van der Waals surface area contributed by atoms with Crippen molar-refractivity contribution in [1.29, 1.82) is 0 Å². The second-order valence-corrected chi connectivity index (χ2v) is 5.72. The second kappa shape index (κ2) is 6.69. The van der Waals surface area contributed by atoms with Gasteiger partial charge in [-0.1, -0.05) is 29.8 Å². The predicted octanol–water partition coefficient (Wildman–Crippen LogP) is 2.42. The van der Waals surface area contributed by atoms with Crippen molar-refractivity contribution in [2.75, 3.05) is 13.2 Å². The largest absolute Gasteiger partial charge is 0.456 e. The minimum absolute atomic E-state index is 0.262. The van der Waals surface area contributed by atoms with E-state index < -0.39 is 11.9 Å². The van der Waals surface area contributed by atoms with Crippen molar-refractivity contribution in [2.24, 2.45) is 0 Å². The highest BCUT2D eigenvalue weighted by atomic mass is 35.5. The van der Waals surface area contributed by atoms with Crippen LogP contribution in [-0.2, 0) is 14.3 Å². The molecule has 7 heteroatoms. The summed E-state index contributed by atoms with van der Waals surface area (Å²) < 4.78 is 5.54. The number of carbonyl (C=O) groups excluding carboxylic acids is 3. The van der Waals surface area contributed by atoms with Crippen LogP contribution >= 0.6 is 22.9 Å². The van der Waals surface area contributed by atoms with E-state index in [0.29, 0.717) is 9.90 Å². The van der Waals surface area contributed by atoms with Crippen LogP contribution in [0.5, 0.6) is 0 Å². The number of ether oxygens (including phenoxy) is 1. The Labute approximate surface area is 129 Å². The first kappa shape index (κ1) is 15.5. The van der Waals surface area contributed by atoms with Crippen molar-refractivity contribution in [2.45, 2.75) is 6.92 Å². The zero-order valence-electron chi connectivity index (χ0n) is 11.1. The Morgan fingerprint density at radius 3 is 2.67 bits per heavy atom. The molecule has 0 aliphatic heterocycles. The van der Waals surface area contributed by atoms with Crippen molar-refractivity contribution >= 4 is 50.7 Å². The third-order valence-electron chi connectivity index (χ3n) is 2.57. The lowest BCUT2D eigenvalue weighted by Gasteiger charge is -2.04. The van der Waals surface area contributed by atoms with Gasteiger partial charge in [0.1, 0.15) is 18.0 Å². The molecule has 2 aromatic rings. The molecule has 1 amide bonds. The molecule has 0 saturated carbocycles. The molecule has 0 aliphatic carbocycles. The number of hydrogen-bond donors (Lipinski definition) is 1. The third-order valence-corrected chi connectivity index (χ3v) is 4.25. The van der Waals surface area contributed by atoms with Gasteiger partial charge in [-0.15, -0.1) is 11.3 Å². The summed E-state index contributed by atoms with van der Waals surface area (Å²) in [6, 6.07) is 7.38. The van der Waals surface area contributed by atoms with E-state index in [-0.39, 0.29) is 18.9 Å². The fraction of sp³-hybridized carbons (Fsp3) is 0.214. The zero-order chi connectivity index (χ0) is 15.4. The van der Waals surface area contributed by atoms with Crippen LogP contribution in [0, 0.1) is 0 Å². The van der Waals surface area contributed by atoms with E-state index in [1.165, 1.54) is 18.3 Å². The van der Waals surface area contributed by atoms with Gasteiger partial charge in [-0.05, 0) is 13.0 Å². The molecule has 1 aromatic heterocycles. The van der Waals surface area contributed by atoms with Crippen molar-refractivity contribution in [3.8, 4) is 0 Å². The van der Waals surface area contributed by atoms with Crippen molar-refractivity contribution in [3.05, 3.63) is 34.2 Å². The Hall–Kier alpha value is -1.92. The number of thiophene rings is 1. The molecule has 1 heterocycles. The summed E-state index contributed by atoms with van der Waals surface area (Å²) in [5.74, 6) is -1.38. The molecule has 0 bridgehead atoms. The molecule has 0 atom stereocenters. The molecule has 0 unspecified atom stereocenters. The van der Waals surface area contributed by atoms with Crippen LogP contribution in [0.1, 0.15) is 16.6 Å². The number of fused-ring (bicyclic) bond motifs is 1.